The highest BCUT2D eigenvalue weighted by atomic mass is 17.2. The summed E-state index contributed by atoms with van der Waals surface area (Å²) in [6, 6.07) is 2.10. The van der Waals surface area contributed by atoms with Gasteiger partial charge >= 0.3 is 0 Å². The molecule has 1 heterocycles. The van der Waals surface area contributed by atoms with E-state index in [9.17, 15) is 0 Å². The molecule has 0 bridgehead atoms. The predicted octanol–water partition coefficient (Wildman–Crippen LogP) is 0.478. The number of hydrogen-bond acceptors (Lipinski definition) is 3. The van der Waals surface area contributed by atoms with Gasteiger partial charge in [0.25, 0.3) is 0 Å². The standard InChI is InChI=1S/C5H7NO2/c6-3-5-1-2-7-8-4-5/h5H,1-2,4H2. The Kier molecular flexibility index (Phi) is 1.84. The fourth-order valence-corrected chi connectivity index (χ4v) is 0.565. The summed E-state index contributed by atoms with van der Waals surface area (Å²) in [6.45, 7) is 0.981. The summed E-state index contributed by atoms with van der Waals surface area (Å²) >= 11 is 0. The van der Waals surface area contributed by atoms with Gasteiger partial charge in [-0.05, 0) is 6.42 Å². The molecule has 3 nitrogen and oxygen atoms in total. The highest BCUT2D eigenvalue weighted by Crippen LogP contribution is 2.07. The maximum Gasteiger partial charge on any atom is 0.0981 e. The van der Waals surface area contributed by atoms with Crippen molar-refractivity contribution < 1.29 is 9.78 Å². The SMILES string of the molecule is N#CC1CCOOC1. The van der Waals surface area contributed by atoms with Gasteiger partial charge in [0.05, 0.1) is 25.2 Å². The first kappa shape index (κ1) is 5.54. The molecule has 1 aliphatic heterocycles. The molecule has 1 fully saturated rings. The van der Waals surface area contributed by atoms with Crippen LogP contribution in [-0.4, -0.2) is 13.2 Å². The molecule has 8 heavy (non-hydrogen) atoms. The van der Waals surface area contributed by atoms with Gasteiger partial charge in [0.1, 0.15) is 0 Å². The Balaban J connectivity index is 2.25. The van der Waals surface area contributed by atoms with E-state index in [2.05, 4.69) is 15.8 Å². The lowest BCUT2D eigenvalue weighted by molar-refractivity contribution is -0.319. The summed E-state index contributed by atoms with van der Waals surface area (Å²) < 4.78 is 0. The smallest absolute Gasteiger partial charge is 0.0981 e. The second-order valence-corrected chi connectivity index (χ2v) is 1.72. The van der Waals surface area contributed by atoms with Crippen LogP contribution in [0.2, 0.25) is 0 Å². The molecule has 0 saturated carbocycles. The first-order valence-electron chi connectivity index (χ1n) is 2.57. The summed E-state index contributed by atoms with van der Waals surface area (Å²) in [4.78, 5) is 9.10. The van der Waals surface area contributed by atoms with Crippen LogP contribution in [0.1, 0.15) is 6.42 Å². The number of nitriles is 1. The van der Waals surface area contributed by atoms with Crippen molar-refractivity contribution in [3.05, 3.63) is 0 Å². The van der Waals surface area contributed by atoms with Crippen molar-refractivity contribution in [3.8, 4) is 6.07 Å². The van der Waals surface area contributed by atoms with Gasteiger partial charge in [-0.1, -0.05) is 0 Å². The van der Waals surface area contributed by atoms with Gasteiger partial charge < -0.3 is 0 Å². The molecular weight excluding hydrogens is 106 g/mol. The third kappa shape index (κ3) is 1.19. The van der Waals surface area contributed by atoms with Gasteiger partial charge in [-0.25, -0.2) is 9.78 Å². The lowest BCUT2D eigenvalue weighted by Gasteiger charge is -2.13. The van der Waals surface area contributed by atoms with E-state index >= 15 is 0 Å². The third-order valence-corrected chi connectivity index (χ3v) is 1.08. The molecule has 0 amide bonds. The molecule has 0 aromatic carbocycles. The van der Waals surface area contributed by atoms with Crippen molar-refractivity contribution in [1.29, 1.82) is 5.26 Å². The first-order valence-corrected chi connectivity index (χ1v) is 2.57. The van der Waals surface area contributed by atoms with E-state index in [0.29, 0.717) is 13.2 Å². The van der Waals surface area contributed by atoms with Gasteiger partial charge in [0.2, 0.25) is 0 Å². The van der Waals surface area contributed by atoms with Crippen LogP contribution in [0.4, 0.5) is 0 Å². The summed E-state index contributed by atoms with van der Waals surface area (Å²) in [5.74, 6) is 0.0451. The van der Waals surface area contributed by atoms with Crippen LogP contribution in [0.25, 0.3) is 0 Å². The van der Waals surface area contributed by atoms with Gasteiger partial charge in [0, 0.05) is 0 Å². The van der Waals surface area contributed by atoms with Crippen molar-refractivity contribution in [2.24, 2.45) is 5.92 Å². The molecule has 1 aliphatic rings. The van der Waals surface area contributed by atoms with E-state index in [1.165, 1.54) is 0 Å². The van der Waals surface area contributed by atoms with Crippen LogP contribution in [0.3, 0.4) is 0 Å². The predicted molar refractivity (Wildman–Crippen MR) is 25.6 cm³/mol. The molecule has 3 heteroatoms. The average molecular weight is 113 g/mol. The van der Waals surface area contributed by atoms with Crippen molar-refractivity contribution in [1.82, 2.24) is 0 Å². The van der Waals surface area contributed by atoms with Crippen molar-refractivity contribution in [2.45, 2.75) is 6.42 Å². The van der Waals surface area contributed by atoms with Crippen LogP contribution < -0.4 is 0 Å². The Bertz CT molecular complexity index is 101. The fraction of sp³-hybridized carbons (Fsp3) is 0.800. The van der Waals surface area contributed by atoms with Crippen LogP contribution >= 0.6 is 0 Å². The number of hydrogen-bond donors (Lipinski definition) is 0. The lowest BCUT2D eigenvalue weighted by Crippen LogP contribution is -2.17. The Morgan fingerprint density at radius 3 is 2.75 bits per heavy atom. The quantitative estimate of drug-likeness (QED) is 0.429. The Hall–Kier alpha value is -0.590. The molecule has 0 radical (unpaired) electrons. The zero-order valence-corrected chi connectivity index (χ0v) is 4.46. The molecule has 44 valence electrons. The Morgan fingerprint density at radius 1 is 1.50 bits per heavy atom. The topological polar surface area (TPSA) is 42.2 Å². The van der Waals surface area contributed by atoms with E-state index in [1.807, 2.05) is 0 Å². The normalized spacial score (nSPS) is 29.1. The van der Waals surface area contributed by atoms with Gasteiger partial charge in [-0.2, -0.15) is 5.26 Å². The summed E-state index contributed by atoms with van der Waals surface area (Å²) in [6.07, 6.45) is 0.802. The fourth-order valence-electron chi connectivity index (χ4n) is 0.565. The van der Waals surface area contributed by atoms with Crippen LogP contribution in [0.15, 0.2) is 0 Å². The van der Waals surface area contributed by atoms with Crippen molar-refractivity contribution in [3.63, 3.8) is 0 Å². The van der Waals surface area contributed by atoms with E-state index in [1.54, 1.807) is 0 Å². The maximum atomic E-state index is 8.31. The maximum absolute atomic E-state index is 8.31. The monoisotopic (exact) mass is 113 g/mol. The minimum Gasteiger partial charge on any atom is -0.237 e. The minimum absolute atomic E-state index is 0.0451. The van der Waals surface area contributed by atoms with Gasteiger partial charge in [-0.3, -0.25) is 0 Å². The summed E-state index contributed by atoms with van der Waals surface area (Å²) in [5, 5.41) is 8.31. The van der Waals surface area contributed by atoms with Crippen molar-refractivity contribution >= 4 is 0 Å². The Labute approximate surface area is 47.7 Å². The van der Waals surface area contributed by atoms with Crippen LogP contribution in [0, 0.1) is 17.2 Å². The van der Waals surface area contributed by atoms with E-state index in [-0.39, 0.29) is 5.92 Å². The first-order chi connectivity index (χ1) is 3.93. The second kappa shape index (κ2) is 2.65. The highest BCUT2D eigenvalue weighted by molar-refractivity contribution is 4.82. The lowest BCUT2D eigenvalue weighted by atomic mass is 10.1. The zero-order chi connectivity index (χ0) is 5.82. The van der Waals surface area contributed by atoms with E-state index in [0.717, 1.165) is 6.42 Å². The number of rotatable bonds is 0. The molecule has 1 atom stereocenters. The van der Waals surface area contributed by atoms with E-state index in [4.69, 9.17) is 5.26 Å². The van der Waals surface area contributed by atoms with Crippen LogP contribution in [-0.2, 0) is 9.78 Å². The molecular formula is C5H7NO2. The number of nitrogens with zero attached hydrogens (tertiary/aromatic N) is 1. The van der Waals surface area contributed by atoms with Crippen molar-refractivity contribution in [2.75, 3.05) is 13.2 Å². The Morgan fingerprint density at radius 2 is 2.38 bits per heavy atom. The van der Waals surface area contributed by atoms with E-state index < -0.39 is 0 Å². The molecule has 1 unspecified atom stereocenters. The van der Waals surface area contributed by atoms with Crippen LogP contribution in [0.5, 0.6) is 0 Å². The molecule has 0 aromatic rings. The van der Waals surface area contributed by atoms with Gasteiger partial charge in [-0.15, -0.1) is 0 Å². The highest BCUT2D eigenvalue weighted by Gasteiger charge is 2.12. The molecule has 0 N–H and O–H groups in total. The minimum atomic E-state index is 0.0451. The van der Waals surface area contributed by atoms with Gasteiger partial charge in [0.15, 0.2) is 0 Å². The molecule has 0 aliphatic carbocycles. The average Bonchev–Trinajstić information content (AvgIpc) is 1.90. The third-order valence-electron chi connectivity index (χ3n) is 1.08. The molecule has 0 spiro atoms. The largest absolute Gasteiger partial charge is 0.237 e. The molecule has 1 rings (SSSR count). The second-order valence-electron chi connectivity index (χ2n) is 1.72. The summed E-state index contributed by atoms with van der Waals surface area (Å²) in [5.41, 5.74) is 0. The molecule has 0 aromatic heterocycles. The summed E-state index contributed by atoms with van der Waals surface area (Å²) in [7, 11) is 0. The molecule has 1 saturated heterocycles. The zero-order valence-electron chi connectivity index (χ0n) is 4.46.